The molecule has 0 spiro atoms. The molecule has 39 heavy (non-hydrogen) atoms. The minimum absolute atomic E-state index is 0.0325. The predicted octanol–water partition coefficient (Wildman–Crippen LogP) is 8.31. The second-order valence-corrected chi connectivity index (χ2v) is 11.9. The molecule has 1 aromatic heterocycles. The highest BCUT2D eigenvalue weighted by atomic mass is 35.5. The van der Waals surface area contributed by atoms with Gasteiger partial charge >= 0.3 is 0 Å². The van der Waals surface area contributed by atoms with Gasteiger partial charge in [0, 0.05) is 27.6 Å². The number of ether oxygens (including phenoxy) is 2. The molecule has 1 fully saturated rings. The highest BCUT2D eigenvalue weighted by Gasteiger charge is 2.35. The summed E-state index contributed by atoms with van der Waals surface area (Å²) >= 11 is 7.85. The van der Waals surface area contributed by atoms with Gasteiger partial charge in [0.05, 0.1) is 23.4 Å². The number of rotatable bonds is 8. The van der Waals surface area contributed by atoms with E-state index < -0.39 is 0 Å². The van der Waals surface area contributed by atoms with Crippen LogP contribution in [-0.2, 0) is 9.53 Å². The predicted molar refractivity (Wildman–Crippen MR) is 159 cm³/mol. The highest BCUT2D eigenvalue weighted by molar-refractivity contribution is 7.09. The molecule has 0 unspecified atom stereocenters. The van der Waals surface area contributed by atoms with Crippen molar-refractivity contribution >= 4 is 34.5 Å². The molecule has 5 nitrogen and oxygen atoms in total. The first-order chi connectivity index (χ1) is 18.9. The topological polar surface area (TPSA) is 60.5 Å². The van der Waals surface area contributed by atoms with Crippen molar-refractivity contribution in [1.82, 2.24) is 4.98 Å². The second-order valence-electron chi connectivity index (χ2n) is 10.4. The Bertz CT molecular complexity index is 1440. The Morgan fingerprint density at radius 2 is 1.90 bits per heavy atom. The highest BCUT2D eigenvalue weighted by Crippen LogP contribution is 2.44. The van der Waals surface area contributed by atoms with E-state index in [-0.39, 0.29) is 18.6 Å². The van der Waals surface area contributed by atoms with Crippen LogP contribution in [0.15, 0.2) is 78.2 Å². The number of thiazole rings is 1. The summed E-state index contributed by atoms with van der Waals surface area (Å²) in [6.45, 7) is 7.03. The van der Waals surface area contributed by atoms with Gasteiger partial charge < -0.3 is 14.8 Å². The number of nitrogens with one attached hydrogen (secondary N) is 1. The Kier molecular flexibility index (Phi) is 8.66. The maximum atomic E-state index is 12.7. The average molecular weight is 561 g/mol. The van der Waals surface area contributed by atoms with Gasteiger partial charge in [-0.05, 0) is 72.7 Å². The molecule has 5 rings (SSSR count). The zero-order valence-corrected chi connectivity index (χ0v) is 24.0. The van der Waals surface area contributed by atoms with Gasteiger partial charge in [-0.15, -0.1) is 11.3 Å². The van der Waals surface area contributed by atoms with Crippen LogP contribution >= 0.6 is 22.9 Å². The lowest BCUT2D eigenvalue weighted by atomic mass is 9.76. The van der Waals surface area contributed by atoms with Gasteiger partial charge in [0.15, 0.2) is 6.61 Å². The Balaban J connectivity index is 1.21. The summed E-state index contributed by atoms with van der Waals surface area (Å²) in [4.78, 5) is 17.2. The Morgan fingerprint density at radius 1 is 1.10 bits per heavy atom. The van der Waals surface area contributed by atoms with Crippen molar-refractivity contribution in [3.8, 4) is 17.0 Å². The van der Waals surface area contributed by atoms with Crippen LogP contribution in [0.5, 0.6) is 5.75 Å². The number of carbonyl (C=O) groups excluding carboxylic acids is 1. The third kappa shape index (κ3) is 6.88. The molecule has 202 valence electrons. The first kappa shape index (κ1) is 27.4. The average Bonchev–Trinajstić information content (AvgIpc) is 3.38. The minimum Gasteiger partial charge on any atom is -0.484 e. The second kappa shape index (κ2) is 12.3. The molecule has 0 bridgehead atoms. The van der Waals surface area contributed by atoms with Gasteiger partial charge in [-0.2, -0.15) is 0 Å². The van der Waals surface area contributed by atoms with Crippen LogP contribution in [0, 0.1) is 18.8 Å². The summed E-state index contributed by atoms with van der Waals surface area (Å²) < 4.78 is 12.4. The molecule has 0 saturated carbocycles. The summed E-state index contributed by atoms with van der Waals surface area (Å²) in [5.41, 5.74) is 4.88. The maximum Gasteiger partial charge on any atom is 0.262 e. The van der Waals surface area contributed by atoms with E-state index >= 15 is 0 Å². The fourth-order valence-electron chi connectivity index (χ4n) is 5.20. The summed E-state index contributed by atoms with van der Waals surface area (Å²) in [6, 6.07) is 23.7. The summed E-state index contributed by atoms with van der Waals surface area (Å²) in [7, 11) is 0. The quantitative estimate of drug-likeness (QED) is 0.235. The van der Waals surface area contributed by atoms with Crippen molar-refractivity contribution in [2.45, 2.75) is 39.2 Å². The number of benzene rings is 3. The Hall–Kier alpha value is -3.19. The van der Waals surface area contributed by atoms with E-state index in [1.165, 1.54) is 5.56 Å². The van der Waals surface area contributed by atoms with Crippen molar-refractivity contribution in [1.29, 1.82) is 0 Å². The van der Waals surface area contributed by atoms with Gasteiger partial charge in [-0.25, -0.2) is 4.98 Å². The number of nitrogens with zero attached hydrogens (tertiary/aromatic N) is 1. The standard InChI is InChI=1S/C32H33ClN2O3S/c1-20(2)29-16-25(22-7-4-10-26(33)13-22)17-38-32(29)24-9-6-12-28(15-24)37-18-31(36)35-27-11-5-8-23(14-27)30-19-39-21(3)34-30/h4-15,19-20,25,29,32H,16-18H2,1-3H3,(H,35,36)/t25-,29-,32-/m0/s1. The summed E-state index contributed by atoms with van der Waals surface area (Å²) in [5.74, 6) is 1.53. The van der Waals surface area contributed by atoms with Gasteiger partial charge in [0.25, 0.3) is 5.91 Å². The van der Waals surface area contributed by atoms with E-state index in [4.69, 9.17) is 21.1 Å². The largest absolute Gasteiger partial charge is 0.484 e. The van der Waals surface area contributed by atoms with Crippen LogP contribution in [0.4, 0.5) is 5.69 Å². The summed E-state index contributed by atoms with van der Waals surface area (Å²) in [6.07, 6.45) is 0.991. The van der Waals surface area contributed by atoms with Crippen LogP contribution in [0.3, 0.4) is 0 Å². The van der Waals surface area contributed by atoms with Crippen molar-refractivity contribution in [3.05, 3.63) is 99.3 Å². The molecule has 1 amide bonds. The lowest BCUT2D eigenvalue weighted by molar-refractivity contribution is -0.118. The lowest BCUT2D eigenvalue weighted by Gasteiger charge is -2.39. The van der Waals surface area contributed by atoms with Crippen molar-refractivity contribution in [3.63, 3.8) is 0 Å². The van der Waals surface area contributed by atoms with Crippen LogP contribution < -0.4 is 10.1 Å². The fourth-order valence-corrected chi connectivity index (χ4v) is 6.02. The molecule has 3 aromatic carbocycles. The molecule has 1 saturated heterocycles. The molecule has 1 aliphatic rings. The number of amides is 1. The van der Waals surface area contributed by atoms with Crippen molar-refractivity contribution in [2.24, 2.45) is 11.8 Å². The number of hydrogen-bond acceptors (Lipinski definition) is 5. The third-order valence-electron chi connectivity index (χ3n) is 7.22. The van der Waals surface area contributed by atoms with Gasteiger partial charge in [-0.1, -0.05) is 61.8 Å². The maximum absolute atomic E-state index is 12.7. The molecule has 0 aliphatic carbocycles. The molecule has 1 aliphatic heterocycles. The number of aryl methyl sites for hydroxylation is 1. The molecular formula is C32H33ClN2O3S. The number of aromatic nitrogens is 1. The van der Waals surface area contributed by atoms with E-state index in [9.17, 15) is 4.79 Å². The first-order valence-corrected chi connectivity index (χ1v) is 14.5. The molecule has 4 aromatic rings. The minimum atomic E-state index is -0.217. The fraction of sp³-hybridized carbons (Fsp3) is 0.312. The molecule has 7 heteroatoms. The van der Waals surface area contributed by atoms with E-state index in [1.807, 2.05) is 73.0 Å². The first-order valence-electron chi connectivity index (χ1n) is 13.3. The summed E-state index contributed by atoms with van der Waals surface area (Å²) in [5, 5.41) is 6.71. The van der Waals surface area contributed by atoms with E-state index in [0.29, 0.717) is 35.8 Å². The third-order valence-corrected chi connectivity index (χ3v) is 8.23. The molecule has 1 N–H and O–H groups in total. The zero-order valence-electron chi connectivity index (χ0n) is 22.4. The van der Waals surface area contributed by atoms with Crippen LogP contribution in [0.25, 0.3) is 11.3 Å². The van der Waals surface area contributed by atoms with Gasteiger partial charge in [-0.3, -0.25) is 4.79 Å². The number of halogens is 1. The van der Waals surface area contributed by atoms with Crippen LogP contribution in [0.1, 0.15) is 48.4 Å². The molecule has 0 radical (unpaired) electrons. The number of carbonyl (C=O) groups is 1. The van der Waals surface area contributed by atoms with Crippen LogP contribution in [0.2, 0.25) is 5.02 Å². The monoisotopic (exact) mass is 560 g/mol. The normalized spacial score (nSPS) is 19.2. The van der Waals surface area contributed by atoms with Crippen molar-refractivity contribution in [2.75, 3.05) is 18.5 Å². The van der Waals surface area contributed by atoms with Gasteiger partial charge in [0.1, 0.15) is 5.75 Å². The number of anilines is 1. The zero-order chi connectivity index (χ0) is 27.4. The number of hydrogen-bond donors (Lipinski definition) is 1. The SMILES string of the molecule is Cc1nc(-c2cccc(NC(=O)COc3cccc([C@@H]4OC[C@@H](c5cccc(Cl)c5)C[C@H]4C(C)C)c3)c2)cs1. The molecule has 2 heterocycles. The lowest BCUT2D eigenvalue weighted by Crippen LogP contribution is -2.31. The Morgan fingerprint density at radius 3 is 2.67 bits per heavy atom. The van der Waals surface area contributed by atoms with Crippen molar-refractivity contribution < 1.29 is 14.3 Å². The van der Waals surface area contributed by atoms with E-state index in [1.54, 1.807) is 11.3 Å². The van der Waals surface area contributed by atoms with Gasteiger partial charge in [0.2, 0.25) is 0 Å². The smallest absolute Gasteiger partial charge is 0.262 e. The van der Waals surface area contributed by atoms with E-state index in [2.05, 4.69) is 36.3 Å². The Labute approximate surface area is 239 Å². The molecular weight excluding hydrogens is 528 g/mol. The van der Waals surface area contributed by atoms with E-state index in [0.717, 1.165) is 33.3 Å². The molecule has 3 atom stereocenters. The van der Waals surface area contributed by atoms with Crippen LogP contribution in [-0.4, -0.2) is 24.1 Å².